The minimum atomic E-state index is -5.30. The summed E-state index contributed by atoms with van der Waals surface area (Å²) in [6.07, 6.45) is -0.826. The van der Waals surface area contributed by atoms with Crippen LogP contribution in [0, 0.1) is 0 Å². The normalized spacial score (nSPS) is 22.4. The Kier molecular flexibility index (Phi) is 1.84. The Labute approximate surface area is 135 Å². The molecule has 5 nitrogen and oxygen atoms in total. The van der Waals surface area contributed by atoms with Crippen LogP contribution in [0.15, 0.2) is 24.3 Å². The number of hydrogen-bond donors (Lipinski definition) is 2. The molecule has 0 atom stereocenters. The molecule has 0 spiro atoms. The van der Waals surface area contributed by atoms with E-state index in [1.807, 2.05) is 0 Å². The number of sulfonamides is 1. The van der Waals surface area contributed by atoms with Crippen LogP contribution < -0.4 is 4.72 Å². The lowest BCUT2D eigenvalue weighted by atomic mass is 10.1. The summed E-state index contributed by atoms with van der Waals surface area (Å²) in [4.78, 5) is 3.68. The van der Waals surface area contributed by atoms with E-state index in [4.69, 9.17) is 15.1 Å². The summed E-state index contributed by atoms with van der Waals surface area (Å²) < 4.78 is 112. The Bertz CT molecular complexity index is 1120. The predicted molar refractivity (Wildman–Crippen MR) is 82.2 cm³/mol. The number of hydrogen-bond acceptors (Lipinski definition) is 3. The minimum absolute atomic E-state index is 0.106. The smallest absolute Gasteiger partial charge is 0.215 e. The Hall–Kier alpha value is -1.37. The van der Waals surface area contributed by atoms with Crippen molar-refractivity contribution in [2.45, 2.75) is 12.1 Å². The fourth-order valence-electron chi connectivity index (χ4n) is 1.51. The zero-order chi connectivity index (χ0) is 24.3. The molecule has 2 N–H and O–H groups in total. The summed E-state index contributed by atoms with van der Waals surface area (Å²) in [5.41, 5.74) is -4.99. The second-order valence-corrected chi connectivity index (χ2v) is 5.58. The fourth-order valence-corrected chi connectivity index (χ4v) is 1.93. The van der Waals surface area contributed by atoms with Gasteiger partial charge >= 0.3 is 0 Å². The van der Waals surface area contributed by atoms with E-state index in [1.54, 1.807) is 0 Å². The lowest BCUT2D eigenvalue weighted by molar-refractivity contribution is 0.414. The first-order valence-electron chi connectivity index (χ1n) is 11.1. The lowest BCUT2D eigenvalue weighted by Gasteiger charge is -2.08. The molecule has 0 aliphatic rings. The maximum Gasteiger partial charge on any atom is 0.215 e. The van der Waals surface area contributed by atoms with Gasteiger partial charge in [0.15, 0.2) is 0 Å². The molecule has 0 saturated carbocycles. The van der Waals surface area contributed by atoms with Crippen LogP contribution >= 0.6 is 0 Å². The molecule has 0 bridgehead atoms. The van der Waals surface area contributed by atoms with Gasteiger partial charge in [0.25, 0.3) is 0 Å². The molecule has 2 rings (SSSR count). The lowest BCUT2D eigenvalue weighted by Crippen LogP contribution is -2.20. The number of aryl methyl sites for hydroxylation is 1. The number of benzene rings is 1. The first-order valence-corrected chi connectivity index (χ1v) is 7.05. The van der Waals surface area contributed by atoms with Crippen LogP contribution in [-0.2, 0) is 22.1 Å². The molecule has 1 heterocycles. The topological polar surface area (TPSA) is 65.2 Å². The number of nitrogens with zero attached hydrogens (tertiary/aromatic N) is 1. The number of likely N-dealkylation sites (N-methyl/N-ethyl adjacent to an activating group) is 1. The Morgan fingerprint density at radius 2 is 2.30 bits per heavy atom. The van der Waals surface area contributed by atoms with E-state index in [-0.39, 0.29) is 22.6 Å². The molecule has 20 heavy (non-hydrogen) atoms. The summed E-state index contributed by atoms with van der Waals surface area (Å²) in [5.74, 6) is 0. The third-order valence-electron chi connectivity index (χ3n) is 2.40. The molecule has 0 aliphatic heterocycles. The molecule has 110 valence electrons. The maximum atomic E-state index is 12.4. The Morgan fingerprint density at radius 3 is 3.00 bits per heavy atom. The van der Waals surface area contributed by atoms with Gasteiger partial charge in [-0.05, 0) is 50.7 Å². The number of aromatic nitrogens is 1. The van der Waals surface area contributed by atoms with Crippen molar-refractivity contribution in [2.75, 3.05) is 27.6 Å². The molecule has 0 unspecified atom stereocenters. The van der Waals surface area contributed by atoms with Crippen LogP contribution in [0.25, 0.3) is 10.9 Å². The SMILES string of the molecule is [2H]c1[nH]c2c([2H])c([2H])c(C([2H])([2H])S(=O)(=O)NC([2H])([2H])[2H])c([2H])c2c1CC([2H])([2H])N(C)C. The van der Waals surface area contributed by atoms with E-state index in [0.29, 0.717) is 0 Å². The molecule has 0 radical (unpaired) electrons. The van der Waals surface area contributed by atoms with E-state index < -0.39 is 59.3 Å². The van der Waals surface area contributed by atoms with Crippen LogP contribution in [0.3, 0.4) is 0 Å². The van der Waals surface area contributed by atoms with Gasteiger partial charge in [-0.15, -0.1) is 0 Å². The van der Waals surface area contributed by atoms with Crippen LogP contribution in [0.1, 0.15) is 26.2 Å². The van der Waals surface area contributed by atoms with E-state index in [0.717, 1.165) is 0 Å². The third-order valence-corrected chi connectivity index (χ3v) is 3.14. The van der Waals surface area contributed by atoms with Crippen molar-refractivity contribution in [3.63, 3.8) is 0 Å². The highest BCUT2D eigenvalue weighted by atomic mass is 32.2. The van der Waals surface area contributed by atoms with Crippen molar-refractivity contribution < 1.29 is 23.5 Å². The standard InChI is InChI=1S/C14H21N3O2S/c1-15-20(18,19)10-11-4-5-14-13(8-11)12(9-16-14)6-7-17(2)3/h4-5,8-9,15-16H,6-7,10H2,1-3H3/i1D3,4D,5D,7D2,8D,9D,10D2. The maximum absolute atomic E-state index is 12.4. The average Bonchev–Trinajstić information content (AvgIpc) is 2.86. The van der Waals surface area contributed by atoms with E-state index in [2.05, 4.69) is 4.98 Å². The van der Waals surface area contributed by atoms with Crippen molar-refractivity contribution in [1.82, 2.24) is 14.6 Å². The van der Waals surface area contributed by atoms with Gasteiger partial charge < -0.3 is 9.88 Å². The molecule has 0 aliphatic carbocycles. The number of H-pyrrole nitrogens is 1. The Morgan fingerprint density at radius 1 is 1.50 bits per heavy atom. The molecule has 1 aromatic heterocycles. The number of aromatic amines is 1. The number of nitrogens with one attached hydrogen (secondary N) is 2. The van der Waals surface area contributed by atoms with Gasteiger partial charge in [0.2, 0.25) is 10.0 Å². The largest absolute Gasteiger partial charge is 0.361 e. The van der Waals surface area contributed by atoms with Crippen molar-refractivity contribution in [3.8, 4) is 0 Å². The zero-order valence-electron chi connectivity index (χ0n) is 21.9. The van der Waals surface area contributed by atoms with E-state index in [9.17, 15) is 8.42 Å². The third kappa shape index (κ3) is 3.59. The van der Waals surface area contributed by atoms with Gasteiger partial charge in [-0.25, -0.2) is 13.1 Å². The van der Waals surface area contributed by atoms with Gasteiger partial charge in [0.05, 0.1) is 11.2 Å². The number of rotatable bonds is 6. The summed E-state index contributed by atoms with van der Waals surface area (Å²) in [6.45, 7) is -5.28. The summed E-state index contributed by atoms with van der Waals surface area (Å²) in [7, 11) is -2.42. The van der Waals surface area contributed by atoms with Crippen LogP contribution in [0.4, 0.5) is 0 Å². The van der Waals surface area contributed by atoms with Crippen LogP contribution in [-0.4, -0.2) is 45.9 Å². The monoisotopic (exact) mass is 306 g/mol. The van der Waals surface area contributed by atoms with Gasteiger partial charge in [0, 0.05) is 33.2 Å². The second kappa shape index (κ2) is 5.95. The summed E-state index contributed by atoms with van der Waals surface area (Å²) in [6, 6.07) is -2.53. The van der Waals surface area contributed by atoms with E-state index in [1.165, 1.54) is 23.7 Å². The first kappa shape index (κ1) is 6.17. The quantitative estimate of drug-likeness (QED) is 0.846. The minimum Gasteiger partial charge on any atom is -0.361 e. The average molecular weight is 306 g/mol. The predicted octanol–water partition coefficient (Wildman–Crippen LogP) is 1.32. The summed E-state index contributed by atoms with van der Waals surface area (Å²) in [5, 5.41) is -0.278. The summed E-state index contributed by atoms with van der Waals surface area (Å²) >= 11 is 0. The second-order valence-electron chi connectivity index (χ2n) is 4.17. The molecule has 6 heteroatoms. The molecular weight excluding hydrogens is 274 g/mol. The Balaban J connectivity index is 2.88. The van der Waals surface area contributed by atoms with Crippen molar-refractivity contribution in [1.29, 1.82) is 0 Å². The van der Waals surface area contributed by atoms with Crippen LogP contribution in [0.5, 0.6) is 0 Å². The highest BCUT2D eigenvalue weighted by Gasteiger charge is 2.11. The highest BCUT2D eigenvalue weighted by Crippen LogP contribution is 2.21. The van der Waals surface area contributed by atoms with Gasteiger partial charge in [0.1, 0.15) is 0 Å². The van der Waals surface area contributed by atoms with E-state index >= 15 is 0 Å². The fraction of sp³-hybridized carbons (Fsp3) is 0.429. The van der Waals surface area contributed by atoms with Gasteiger partial charge in [-0.3, -0.25) is 0 Å². The van der Waals surface area contributed by atoms with Crippen LogP contribution in [0.2, 0.25) is 0 Å². The number of fused-ring (bicyclic) bond motifs is 1. The van der Waals surface area contributed by atoms with Gasteiger partial charge in [-0.2, -0.15) is 0 Å². The first-order chi connectivity index (χ1) is 13.7. The highest BCUT2D eigenvalue weighted by molar-refractivity contribution is 7.88. The van der Waals surface area contributed by atoms with Crippen molar-refractivity contribution in [2.24, 2.45) is 0 Å². The molecule has 0 amide bonds. The van der Waals surface area contributed by atoms with Crippen molar-refractivity contribution >= 4 is 20.9 Å². The zero-order valence-corrected chi connectivity index (χ0v) is 11.7. The molecule has 0 fully saturated rings. The van der Waals surface area contributed by atoms with Gasteiger partial charge in [-0.1, -0.05) is 6.04 Å². The van der Waals surface area contributed by atoms with Crippen molar-refractivity contribution in [3.05, 3.63) is 35.4 Å². The molecule has 2 aromatic rings. The molecule has 0 saturated heterocycles. The molecule has 1 aromatic carbocycles. The molecular formula is C14H21N3O2S.